The number of likely N-dealkylation sites (tertiary alicyclic amines) is 2. The number of benzene rings is 4. The van der Waals surface area contributed by atoms with Gasteiger partial charge in [-0.25, -0.2) is 22.3 Å². The van der Waals surface area contributed by atoms with Crippen LogP contribution in [0.1, 0.15) is 134 Å². The summed E-state index contributed by atoms with van der Waals surface area (Å²) >= 11 is 1.62. The van der Waals surface area contributed by atoms with Crippen molar-refractivity contribution in [3.05, 3.63) is 120 Å². The van der Waals surface area contributed by atoms with Gasteiger partial charge in [0.05, 0.1) is 4.90 Å². The maximum absolute atomic E-state index is 14.9. The third-order valence-electron chi connectivity index (χ3n) is 16.1. The van der Waals surface area contributed by atoms with Gasteiger partial charge in [0, 0.05) is 70.3 Å². The zero-order valence-corrected chi connectivity index (χ0v) is 56.6. The average molecular weight is 1250 g/mol. The first-order chi connectivity index (χ1) is 41.0. The van der Waals surface area contributed by atoms with Gasteiger partial charge in [0.1, 0.15) is 35.4 Å². The first-order valence-corrected chi connectivity index (χ1v) is 33.1. The molecular weight excluding hydrogens is 1150 g/mol. The molecule has 482 valence electrons. The fourth-order valence-corrected chi connectivity index (χ4v) is 13.2. The van der Waals surface area contributed by atoms with Crippen molar-refractivity contribution in [2.24, 2.45) is 10.8 Å². The summed E-state index contributed by atoms with van der Waals surface area (Å²) in [6.07, 6.45) is 2.76. The summed E-state index contributed by atoms with van der Waals surface area (Å²) in [5, 5.41) is 5.96. The van der Waals surface area contributed by atoms with Gasteiger partial charge in [0.25, 0.3) is 0 Å². The van der Waals surface area contributed by atoms with Crippen molar-refractivity contribution >= 4 is 57.8 Å². The van der Waals surface area contributed by atoms with Crippen LogP contribution in [-0.4, -0.2) is 173 Å². The molecule has 0 unspecified atom stereocenters. The fourth-order valence-electron chi connectivity index (χ4n) is 10.7. The molecule has 18 nitrogen and oxygen atoms in total. The number of nitrogens with zero attached hydrogens (tertiary/aromatic N) is 6. The van der Waals surface area contributed by atoms with Crippen LogP contribution < -0.4 is 10.6 Å². The number of ether oxygens (including phenoxy) is 2. The van der Waals surface area contributed by atoms with Gasteiger partial charge in [-0.3, -0.25) is 29.0 Å². The molecule has 2 aliphatic rings. The van der Waals surface area contributed by atoms with Crippen molar-refractivity contribution in [1.29, 1.82) is 0 Å². The maximum atomic E-state index is 14.9. The Kier molecular flexibility index (Phi) is 24.0. The lowest BCUT2D eigenvalue weighted by Crippen LogP contribution is -2.59. The van der Waals surface area contributed by atoms with Crippen LogP contribution in [0.2, 0.25) is 0 Å². The standard InChI is InChI=1S/C68H98N8O10S2/c1-47(71(15)63(81)85-67(9,10)11)59(77)69-57(65(3,4)5)61(79)75-41-23-29-53(75)45-73(43-39-49-25-19-17-20-26-49)87-55-35-31-51(32-36-55)52-33-37-56(38-34-52)88(83,84)74(44-40-50-27-21-18-22-28-50)46-54-30-24-42-76(54)62(80)58(66(6,7)8)70-60(78)48(2)72(16)64(82)86-68(12,13)14/h17-22,25-28,31-38,47-48,53-54,57-58H,23-24,29-30,39-46H2,1-16H3,(H,69,77)(H,70,78)/t47-,48-,53-,54-,57+,58+/m0/s1. The highest BCUT2D eigenvalue weighted by Gasteiger charge is 2.44. The van der Waals surface area contributed by atoms with Crippen molar-refractivity contribution in [2.75, 3.05) is 53.4 Å². The van der Waals surface area contributed by atoms with Gasteiger partial charge in [-0.1, -0.05) is 126 Å². The first-order valence-electron chi connectivity index (χ1n) is 30.9. The third kappa shape index (κ3) is 19.8. The molecule has 6 rings (SSSR count). The molecule has 2 saturated heterocycles. The van der Waals surface area contributed by atoms with Gasteiger partial charge < -0.3 is 29.9 Å². The van der Waals surface area contributed by atoms with Crippen LogP contribution in [0.25, 0.3) is 11.1 Å². The minimum atomic E-state index is -4.11. The van der Waals surface area contributed by atoms with Crippen molar-refractivity contribution in [3.63, 3.8) is 0 Å². The van der Waals surface area contributed by atoms with E-state index in [0.29, 0.717) is 45.4 Å². The van der Waals surface area contributed by atoms with Gasteiger partial charge in [-0.2, -0.15) is 4.31 Å². The Labute approximate surface area is 529 Å². The van der Waals surface area contributed by atoms with Crippen LogP contribution in [0.3, 0.4) is 0 Å². The normalized spacial score (nSPS) is 17.2. The van der Waals surface area contributed by atoms with Crippen LogP contribution in [0.15, 0.2) is 119 Å². The van der Waals surface area contributed by atoms with E-state index >= 15 is 0 Å². The van der Waals surface area contributed by atoms with Gasteiger partial charge in [0.2, 0.25) is 33.7 Å². The van der Waals surface area contributed by atoms with Gasteiger partial charge in [-0.05, 0) is 163 Å². The van der Waals surface area contributed by atoms with Crippen LogP contribution in [0, 0.1) is 10.8 Å². The number of carbonyl (C=O) groups is 6. The monoisotopic (exact) mass is 1250 g/mol. The lowest BCUT2D eigenvalue weighted by Gasteiger charge is -2.38. The number of rotatable bonds is 23. The Morgan fingerprint density at radius 1 is 0.557 bits per heavy atom. The highest BCUT2D eigenvalue weighted by molar-refractivity contribution is 7.97. The van der Waals surface area contributed by atoms with Gasteiger partial charge in [-0.15, -0.1) is 0 Å². The SMILES string of the molecule is C[C@@H](C(=O)N[C@H](C(=O)N1CCC[C@H]1CN(CCc1ccccc1)Sc1ccc(-c2ccc(S(=O)(=O)N(CCc3ccccc3)C[C@@H]3CCCN3C(=O)[C@@H](NC(=O)[C@H](C)N(C)C(=O)OC(C)(C)C)C(C)(C)C)cc2)cc1)C(C)(C)C)N(C)C(=O)OC(C)(C)C. The Bertz CT molecular complexity index is 3100. The molecule has 4 aromatic rings. The maximum Gasteiger partial charge on any atom is 0.410 e. The second-order valence-corrected chi connectivity index (χ2v) is 30.8. The molecule has 2 aliphatic heterocycles. The number of carbonyl (C=O) groups excluding carboxylic acids is 6. The van der Waals surface area contributed by atoms with Crippen molar-refractivity contribution in [1.82, 2.24) is 38.8 Å². The molecule has 88 heavy (non-hydrogen) atoms. The number of amides is 6. The molecule has 0 saturated carbocycles. The molecule has 2 heterocycles. The van der Waals surface area contributed by atoms with E-state index < -0.39 is 86.3 Å². The summed E-state index contributed by atoms with van der Waals surface area (Å²) in [7, 11) is -1.11. The molecule has 20 heteroatoms. The zero-order valence-electron chi connectivity index (χ0n) is 54.9. The highest BCUT2D eigenvalue weighted by atomic mass is 32.2. The summed E-state index contributed by atoms with van der Waals surface area (Å²) in [5.41, 5.74) is 0.995. The molecule has 0 spiro atoms. The zero-order chi connectivity index (χ0) is 65.1. The summed E-state index contributed by atoms with van der Waals surface area (Å²) in [4.78, 5) is 89.9. The molecule has 0 radical (unpaired) electrons. The van der Waals surface area contributed by atoms with E-state index in [0.717, 1.165) is 40.8 Å². The Morgan fingerprint density at radius 3 is 1.34 bits per heavy atom. The van der Waals surface area contributed by atoms with Gasteiger partial charge in [0.15, 0.2) is 0 Å². The van der Waals surface area contributed by atoms with E-state index in [9.17, 15) is 37.2 Å². The van der Waals surface area contributed by atoms with Crippen molar-refractivity contribution in [3.8, 4) is 11.1 Å². The minimum absolute atomic E-state index is 0.0492. The Balaban J connectivity index is 1.18. The summed E-state index contributed by atoms with van der Waals surface area (Å²) in [6.45, 7) is 27.6. The highest BCUT2D eigenvalue weighted by Crippen LogP contribution is 2.33. The van der Waals surface area contributed by atoms with E-state index in [-0.39, 0.29) is 35.8 Å². The van der Waals surface area contributed by atoms with Crippen LogP contribution in [0.4, 0.5) is 9.59 Å². The van der Waals surface area contributed by atoms with Gasteiger partial charge >= 0.3 is 12.2 Å². The molecule has 2 fully saturated rings. The predicted molar refractivity (Wildman–Crippen MR) is 348 cm³/mol. The quantitative estimate of drug-likeness (QED) is 0.0667. The molecular formula is C68H98N8O10S2. The number of nitrogens with one attached hydrogen (secondary N) is 2. The molecule has 4 aromatic carbocycles. The number of hydrogen-bond acceptors (Lipinski definition) is 12. The van der Waals surface area contributed by atoms with E-state index in [1.807, 2.05) is 119 Å². The van der Waals surface area contributed by atoms with Crippen LogP contribution in [0.5, 0.6) is 0 Å². The fraction of sp³-hybridized carbons (Fsp3) is 0.559. The smallest absolute Gasteiger partial charge is 0.410 e. The second kappa shape index (κ2) is 29.9. The first kappa shape index (κ1) is 70.6. The summed E-state index contributed by atoms with van der Waals surface area (Å²) in [6, 6.07) is 30.8. The van der Waals surface area contributed by atoms with E-state index in [4.69, 9.17) is 9.47 Å². The number of likely N-dealkylation sites (N-methyl/N-ethyl adjacent to an activating group) is 2. The third-order valence-corrected chi connectivity index (χ3v) is 19.1. The second-order valence-electron chi connectivity index (χ2n) is 27.7. The lowest BCUT2D eigenvalue weighted by molar-refractivity contribution is -0.141. The van der Waals surface area contributed by atoms with E-state index in [1.165, 1.54) is 33.8 Å². The van der Waals surface area contributed by atoms with Crippen molar-refractivity contribution in [2.45, 2.75) is 193 Å². The topological polar surface area (TPSA) is 199 Å². The molecule has 0 bridgehead atoms. The molecule has 2 N–H and O–H groups in total. The predicted octanol–water partition coefficient (Wildman–Crippen LogP) is 10.7. The van der Waals surface area contributed by atoms with E-state index in [2.05, 4.69) is 39.2 Å². The number of hydrogen-bond donors (Lipinski definition) is 2. The van der Waals surface area contributed by atoms with E-state index in [1.54, 1.807) is 84.4 Å². The summed E-state index contributed by atoms with van der Waals surface area (Å²) < 4.78 is 44.7. The molecule has 6 atom stereocenters. The molecule has 6 amide bonds. The average Bonchev–Trinajstić information content (AvgIpc) is 3.84. The number of sulfonamides is 1. The van der Waals surface area contributed by atoms with Crippen molar-refractivity contribution < 1.29 is 46.7 Å². The van der Waals surface area contributed by atoms with Crippen LogP contribution in [-0.2, 0) is 51.5 Å². The largest absolute Gasteiger partial charge is 0.444 e. The Morgan fingerprint density at radius 2 is 0.943 bits per heavy atom. The molecule has 0 aromatic heterocycles. The summed E-state index contributed by atoms with van der Waals surface area (Å²) in [5.74, 6) is -1.44. The molecule has 0 aliphatic carbocycles. The van der Waals surface area contributed by atoms with Crippen LogP contribution >= 0.6 is 11.9 Å². The minimum Gasteiger partial charge on any atom is -0.444 e. The lowest BCUT2D eigenvalue weighted by atomic mass is 9.85. The Hall–Kier alpha value is -6.48.